The van der Waals surface area contributed by atoms with Gasteiger partial charge in [0.1, 0.15) is 4.49 Å². The van der Waals surface area contributed by atoms with Crippen molar-refractivity contribution in [1.29, 1.82) is 0 Å². The predicted octanol–water partition coefficient (Wildman–Crippen LogP) is 4.03. The molecule has 0 heterocycles. The summed E-state index contributed by atoms with van der Waals surface area (Å²) in [6.45, 7) is 2.12. The van der Waals surface area contributed by atoms with Crippen molar-refractivity contribution in [3.63, 3.8) is 0 Å². The highest BCUT2D eigenvalue weighted by atomic mass is 35.5. The first kappa shape index (κ1) is 9.63. The Morgan fingerprint density at radius 2 is 1.83 bits per heavy atom. The van der Waals surface area contributed by atoms with Crippen LogP contribution in [0.4, 0.5) is 0 Å². The van der Waals surface area contributed by atoms with Gasteiger partial charge in [-0.25, -0.2) is 0 Å². The fraction of sp³-hybridized carbons (Fsp3) is 0.200. The van der Waals surface area contributed by atoms with E-state index in [1.54, 1.807) is 6.08 Å². The van der Waals surface area contributed by atoms with Gasteiger partial charge in [-0.05, 0) is 23.6 Å². The van der Waals surface area contributed by atoms with E-state index < -0.39 is 0 Å². The van der Waals surface area contributed by atoms with Crippen LogP contribution in [0.2, 0.25) is 0 Å². The second-order valence-corrected chi connectivity index (χ2v) is 3.54. The van der Waals surface area contributed by atoms with Gasteiger partial charge in [-0.15, -0.1) is 0 Å². The Morgan fingerprint density at radius 3 is 2.25 bits per heavy atom. The van der Waals surface area contributed by atoms with Crippen molar-refractivity contribution < 1.29 is 0 Å². The van der Waals surface area contributed by atoms with Gasteiger partial charge in [-0.1, -0.05) is 54.4 Å². The third-order valence-corrected chi connectivity index (χ3v) is 1.88. The molecule has 0 atom stereocenters. The van der Waals surface area contributed by atoms with Crippen molar-refractivity contribution in [1.82, 2.24) is 0 Å². The molecule has 0 aliphatic carbocycles. The third-order valence-electron chi connectivity index (χ3n) is 1.66. The van der Waals surface area contributed by atoms with Gasteiger partial charge in [0.25, 0.3) is 0 Å². The maximum atomic E-state index is 5.51. The highest BCUT2D eigenvalue weighted by molar-refractivity contribution is 6.57. The Kier molecular flexibility index (Phi) is 3.64. The molecule has 0 fully saturated rings. The van der Waals surface area contributed by atoms with E-state index in [1.807, 2.05) is 12.1 Å². The molecule has 0 nitrogen and oxygen atoms in total. The molecule has 0 amide bonds. The summed E-state index contributed by atoms with van der Waals surface area (Å²) in [5, 5.41) is 0. The van der Waals surface area contributed by atoms with Gasteiger partial charge in [0.15, 0.2) is 0 Å². The normalized spacial score (nSPS) is 9.58. The number of benzene rings is 1. The molecule has 0 bridgehead atoms. The van der Waals surface area contributed by atoms with E-state index >= 15 is 0 Å². The zero-order chi connectivity index (χ0) is 8.97. The van der Waals surface area contributed by atoms with Crippen molar-refractivity contribution in [3.05, 3.63) is 39.9 Å². The van der Waals surface area contributed by atoms with Crippen LogP contribution in [0.5, 0.6) is 0 Å². The maximum absolute atomic E-state index is 5.51. The van der Waals surface area contributed by atoms with Gasteiger partial charge in [-0.3, -0.25) is 0 Å². The zero-order valence-corrected chi connectivity index (χ0v) is 8.36. The Labute approximate surface area is 82.8 Å². The van der Waals surface area contributed by atoms with Crippen molar-refractivity contribution in [2.75, 3.05) is 0 Å². The van der Waals surface area contributed by atoms with Gasteiger partial charge < -0.3 is 0 Å². The summed E-state index contributed by atoms with van der Waals surface area (Å²) in [5.74, 6) is 0. The molecule has 0 aliphatic heterocycles. The smallest absolute Gasteiger partial charge is 0.0709 e. The predicted molar refractivity (Wildman–Crippen MR) is 55.5 cm³/mol. The molecule has 0 spiro atoms. The monoisotopic (exact) mass is 200 g/mol. The van der Waals surface area contributed by atoms with Crippen LogP contribution < -0.4 is 0 Å². The topological polar surface area (TPSA) is 0 Å². The van der Waals surface area contributed by atoms with Crippen molar-refractivity contribution >= 4 is 29.3 Å². The molecule has 2 heteroatoms. The second-order valence-electron chi connectivity index (χ2n) is 2.53. The van der Waals surface area contributed by atoms with Gasteiger partial charge in [0.2, 0.25) is 0 Å². The van der Waals surface area contributed by atoms with E-state index in [0.29, 0.717) is 4.49 Å². The Balaban J connectivity index is 2.85. The molecule has 0 aliphatic rings. The summed E-state index contributed by atoms with van der Waals surface area (Å²) >= 11 is 11.0. The van der Waals surface area contributed by atoms with Crippen LogP contribution >= 0.6 is 23.2 Å². The molecular weight excluding hydrogens is 191 g/mol. The third kappa shape index (κ3) is 2.88. The SMILES string of the molecule is CCc1ccc(C=C(Cl)Cl)cc1. The van der Waals surface area contributed by atoms with E-state index in [4.69, 9.17) is 23.2 Å². The fourth-order valence-electron chi connectivity index (χ4n) is 0.976. The number of rotatable bonds is 2. The molecule has 0 saturated heterocycles. The zero-order valence-electron chi connectivity index (χ0n) is 6.85. The molecule has 1 aromatic carbocycles. The van der Waals surface area contributed by atoms with Gasteiger partial charge in [0, 0.05) is 0 Å². The van der Waals surface area contributed by atoms with Gasteiger partial charge in [-0.2, -0.15) is 0 Å². The average Bonchev–Trinajstić information content (AvgIpc) is 2.05. The Morgan fingerprint density at radius 1 is 1.25 bits per heavy atom. The summed E-state index contributed by atoms with van der Waals surface area (Å²) in [6.07, 6.45) is 2.78. The molecule has 0 unspecified atom stereocenters. The molecule has 12 heavy (non-hydrogen) atoms. The summed E-state index contributed by atoms with van der Waals surface area (Å²) in [7, 11) is 0. The van der Waals surface area contributed by atoms with Crippen LogP contribution in [0.15, 0.2) is 28.8 Å². The lowest BCUT2D eigenvalue weighted by Gasteiger charge is -1.96. The maximum Gasteiger partial charge on any atom is 0.107 e. The van der Waals surface area contributed by atoms with Crippen LogP contribution in [0, 0.1) is 0 Å². The van der Waals surface area contributed by atoms with Crippen LogP contribution in [0.3, 0.4) is 0 Å². The minimum absolute atomic E-state index is 0.291. The van der Waals surface area contributed by atoms with Crippen molar-refractivity contribution in [2.24, 2.45) is 0 Å². The van der Waals surface area contributed by atoms with Gasteiger partial charge >= 0.3 is 0 Å². The van der Waals surface area contributed by atoms with Crippen LogP contribution in [-0.4, -0.2) is 0 Å². The number of halogens is 2. The second kappa shape index (κ2) is 4.54. The number of hydrogen-bond donors (Lipinski definition) is 0. The quantitative estimate of drug-likeness (QED) is 0.677. The Hall–Kier alpha value is -0.460. The minimum atomic E-state index is 0.291. The lowest BCUT2D eigenvalue weighted by Crippen LogP contribution is -1.78. The molecule has 0 radical (unpaired) electrons. The van der Waals surface area contributed by atoms with Crippen molar-refractivity contribution in [2.45, 2.75) is 13.3 Å². The molecule has 1 aromatic rings. The molecule has 64 valence electrons. The first-order chi connectivity index (χ1) is 5.72. The summed E-state index contributed by atoms with van der Waals surface area (Å²) in [5.41, 5.74) is 2.35. The van der Waals surface area contributed by atoms with E-state index in [-0.39, 0.29) is 0 Å². The van der Waals surface area contributed by atoms with Crippen LogP contribution in [-0.2, 0) is 6.42 Å². The van der Waals surface area contributed by atoms with Crippen LogP contribution in [0.1, 0.15) is 18.1 Å². The van der Waals surface area contributed by atoms with Crippen molar-refractivity contribution in [3.8, 4) is 0 Å². The largest absolute Gasteiger partial charge is 0.107 e. The molecule has 0 N–H and O–H groups in total. The molecule has 0 saturated carbocycles. The standard InChI is InChI=1S/C10H10Cl2/c1-2-8-3-5-9(6-4-8)7-10(11)12/h3-7H,2H2,1H3. The Bertz CT molecular complexity index is 268. The fourth-order valence-corrected chi connectivity index (χ4v) is 1.23. The first-order valence-corrected chi connectivity index (χ1v) is 4.59. The first-order valence-electron chi connectivity index (χ1n) is 3.84. The lowest BCUT2D eigenvalue weighted by molar-refractivity contribution is 1.14. The van der Waals surface area contributed by atoms with E-state index in [0.717, 1.165) is 12.0 Å². The minimum Gasteiger partial charge on any atom is -0.0709 e. The number of hydrogen-bond acceptors (Lipinski definition) is 0. The van der Waals surface area contributed by atoms with E-state index in [1.165, 1.54) is 5.56 Å². The summed E-state index contributed by atoms with van der Waals surface area (Å²) in [4.78, 5) is 0. The highest BCUT2D eigenvalue weighted by Gasteiger charge is 1.90. The molecule has 0 aromatic heterocycles. The van der Waals surface area contributed by atoms with E-state index in [2.05, 4.69) is 19.1 Å². The lowest BCUT2D eigenvalue weighted by atomic mass is 10.1. The van der Waals surface area contributed by atoms with Gasteiger partial charge in [0.05, 0.1) is 0 Å². The molecular formula is C10H10Cl2. The molecule has 1 rings (SSSR count). The summed E-state index contributed by atoms with van der Waals surface area (Å²) in [6, 6.07) is 8.15. The van der Waals surface area contributed by atoms with Crippen LogP contribution in [0.25, 0.3) is 6.08 Å². The summed E-state index contributed by atoms with van der Waals surface area (Å²) < 4.78 is 0.291. The average molecular weight is 201 g/mol. The van der Waals surface area contributed by atoms with E-state index in [9.17, 15) is 0 Å². The number of aryl methyl sites for hydroxylation is 1. The highest BCUT2D eigenvalue weighted by Crippen LogP contribution is 2.14.